The highest BCUT2D eigenvalue weighted by atomic mass is 15.4. The molecule has 0 spiro atoms. The van der Waals surface area contributed by atoms with E-state index in [0.29, 0.717) is 12.1 Å². The van der Waals surface area contributed by atoms with Gasteiger partial charge in [-0.15, -0.1) is 5.11 Å². The van der Waals surface area contributed by atoms with Gasteiger partial charge in [-0.1, -0.05) is 20.8 Å². The van der Waals surface area contributed by atoms with Crippen LogP contribution in [0.1, 0.15) is 33.6 Å². The molecule has 1 N–H and O–H groups in total. The minimum atomic E-state index is 0.343. The molecule has 0 atom stereocenters. The van der Waals surface area contributed by atoms with E-state index >= 15 is 0 Å². The van der Waals surface area contributed by atoms with Crippen LogP contribution in [0.2, 0.25) is 0 Å². The highest BCUT2D eigenvalue weighted by Gasteiger charge is 2.12. The van der Waals surface area contributed by atoms with Gasteiger partial charge in [0, 0.05) is 6.42 Å². The fraction of sp³-hybridized carbons (Fsp3) is 0.875. The normalized spacial score (nSPS) is 17.1. The van der Waals surface area contributed by atoms with E-state index in [2.05, 4.69) is 41.5 Å². The Morgan fingerprint density at radius 3 is 2.67 bits per heavy atom. The molecule has 0 aliphatic carbocycles. The van der Waals surface area contributed by atoms with Crippen LogP contribution in [-0.2, 0) is 0 Å². The van der Waals surface area contributed by atoms with Crippen LogP contribution in [0.15, 0.2) is 15.3 Å². The summed E-state index contributed by atoms with van der Waals surface area (Å²) in [6.07, 6.45) is 1.99. The lowest BCUT2D eigenvalue weighted by atomic mass is 9.90. The molecule has 1 aliphatic heterocycles. The molecule has 12 heavy (non-hydrogen) atoms. The topological polar surface area (TPSA) is 49.1 Å². The third-order valence-corrected chi connectivity index (χ3v) is 1.63. The summed E-state index contributed by atoms with van der Waals surface area (Å²) in [6, 6.07) is 0. The van der Waals surface area contributed by atoms with Crippen LogP contribution < -0.4 is 5.43 Å². The zero-order valence-electron chi connectivity index (χ0n) is 7.96. The van der Waals surface area contributed by atoms with Gasteiger partial charge in [-0.2, -0.15) is 10.2 Å². The molecular formula is C8H16N4. The van der Waals surface area contributed by atoms with Crippen molar-refractivity contribution in [2.24, 2.45) is 20.7 Å². The van der Waals surface area contributed by atoms with Crippen molar-refractivity contribution in [3.63, 3.8) is 0 Å². The van der Waals surface area contributed by atoms with E-state index < -0.39 is 0 Å². The maximum Gasteiger partial charge on any atom is 0.170 e. The second-order valence-corrected chi connectivity index (χ2v) is 4.15. The van der Waals surface area contributed by atoms with E-state index in [1.165, 1.54) is 0 Å². The number of hydrazone groups is 1. The zero-order chi connectivity index (χ0) is 9.03. The predicted octanol–water partition coefficient (Wildman–Crippen LogP) is 2.14. The maximum absolute atomic E-state index is 4.04. The SMILES string of the molecule is CC(C)(C)CCC1=NNCN=N1. The van der Waals surface area contributed by atoms with Gasteiger partial charge in [-0.3, -0.25) is 5.43 Å². The minimum Gasteiger partial charge on any atom is -0.285 e. The Bertz CT molecular complexity index is 200. The molecule has 0 amide bonds. The van der Waals surface area contributed by atoms with E-state index in [4.69, 9.17) is 0 Å². The number of hydrogen-bond acceptors (Lipinski definition) is 4. The molecule has 68 valence electrons. The molecule has 0 aromatic carbocycles. The smallest absolute Gasteiger partial charge is 0.170 e. The molecule has 0 unspecified atom stereocenters. The Kier molecular flexibility index (Phi) is 2.78. The lowest BCUT2D eigenvalue weighted by Crippen LogP contribution is -2.15. The first kappa shape index (κ1) is 9.16. The van der Waals surface area contributed by atoms with Crippen molar-refractivity contribution in [3.05, 3.63) is 0 Å². The molecule has 0 radical (unpaired) electrons. The van der Waals surface area contributed by atoms with Crippen molar-refractivity contribution < 1.29 is 0 Å². The zero-order valence-corrected chi connectivity index (χ0v) is 7.96. The summed E-state index contributed by atoms with van der Waals surface area (Å²) in [6.45, 7) is 7.14. The second-order valence-electron chi connectivity index (χ2n) is 4.15. The molecule has 0 bridgehead atoms. The standard InChI is InChI=1S/C8H16N4/c1-8(2,3)5-4-7-11-9-6-10-12-7/h9H,4-6H2,1-3H3. The lowest BCUT2D eigenvalue weighted by molar-refractivity contribution is 0.384. The van der Waals surface area contributed by atoms with Crippen LogP contribution >= 0.6 is 0 Å². The van der Waals surface area contributed by atoms with E-state index in [0.717, 1.165) is 18.7 Å². The molecule has 0 aromatic rings. The van der Waals surface area contributed by atoms with E-state index in [1.54, 1.807) is 0 Å². The predicted molar refractivity (Wildman–Crippen MR) is 49.0 cm³/mol. The Morgan fingerprint density at radius 1 is 1.42 bits per heavy atom. The summed E-state index contributed by atoms with van der Waals surface area (Å²) < 4.78 is 0. The maximum atomic E-state index is 4.04. The number of azo groups is 1. The third-order valence-electron chi connectivity index (χ3n) is 1.63. The quantitative estimate of drug-likeness (QED) is 0.674. The van der Waals surface area contributed by atoms with Gasteiger partial charge >= 0.3 is 0 Å². The first-order chi connectivity index (χ1) is 5.58. The van der Waals surface area contributed by atoms with Crippen molar-refractivity contribution >= 4 is 5.84 Å². The second kappa shape index (κ2) is 3.65. The van der Waals surface area contributed by atoms with E-state index in [1.807, 2.05) is 0 Å². The molecule has 4 nitrogen and oxygen atoms in total. The Labute approximate surface area is 73.2 Å². The fourth-order valence-corrected chi connectivity index (χ4v) is 0.890. The highest BCUT2D eigenvalue weighted by Crippen LogP contribution is 2.21. The van der Waals surface area contributed by atoms with Gasteiger partial charge in [0.05, 0.1) is 0 Å². The van der Waals surface area contributed by atoms with Crippen molar-refractivity contribution in [2.45, 2.75) is 33.6 Å². The molecular weight excluding hydrogens is 152 g/mol. The fourth-order valence-electron chi connectivity index (χ4n) is 0.890. The number of hydrogen-bond donors (Lipinski definition) is 1. The van der Waals surface area contributed by atoms with Crippen LogP contribution in [0.3, 0.4) is 0 Å². The van der Waals surface area contributed by atoms with E-state index in [-0.39, 0.29) is 0 Å². The van der Waals surface area contributed by atoms with Gasteiger partial charge in [0.15, 0.2) is 5.84 Å². The molecule has 1 aliphatic rings. The molecule has 0 saturated heterocycles. The van der Waals surface area contributed by atoms with Crippen LogP contribution in [0.5, 0.6) is 0 Å². The molecule has 0 aromatic heterocycles. The van der Waals surface area contributed by atoms with Crippen LogP contribution in [0, 0.1) is 5.41 Å². The summed E-state index contributed by atoms with van der Waals surface area (Å²) in [5.41, 5.74) is 3.14. The summed E-state index contributed by atoms with van der Waals surface area (Å²) >= 11 is 0. The summed E-state index contributed by atoms with van der Waals surface area (Å²) in [5.74, 6) is 0.816. The molecule has 4 heteroatoms. The molecule has 1 heterocycles. The lowest BCUT2D eigenvalue weighted by Gasteiger charge is -2.17. The van der Waals surface area contributed by atoms with Crippen LogP contribution in [0.25, 0.3) is 0 Å². The molecule has 1 rings (SSSR count). The first-order valence-electron chi connectivity index (χ1n) is 4.25. The largest absolute Gasteiger partial charge is 0.285 e. The van der Waals surface area contributed by atoms with Crippen molar-refractivity contribution in [1.82, 2.24) is 5.43 Å². The Morgan fingerprint density at radius 2 is 2.17 bits per heavy atom. The third kappa shape index (κ3) is 3.46. The van der Waals surface area contributed by atoms with Gasteiger partial charge < -0.3 is 0 Å². The number of nitrogens with one attached hydrogen (secondary N) is 1. The van der Waals surface area contributed by atoms with Gasteiger partial charge in [0.25, 0.3) is 0 Å². The molecule has 0 saturated carbocycles. The number of amidine groups is 1. The van der Waals surface area contributed by atoms with Gasteiger partial charge in [0.1, 0.15) is 6.67 Å². The van der Waals surface area contributed by atoms with Gasteiger partial charge in [0.2, 0.25) is 0 Å². The Balaban J connectivity index is 2.32. The van der Waals surface area contributed by atoms with Crippen LogP contribution in [0.4, 0.5) is 0 Å². The average Bonchev–Trinajstić information content (AvgIpc) is 2.02. The summed E-state index contributed by atoms with van der Waals surface area (Å²) in [4.78, 5) is 0. The monoisotopic (exact) mass is 168 g/mol. The number of nitrogens with zero attached hydrogens (tertiary/aromatic N) is 3. The van der Waals surface area contributed by atoms with Crippen molar-refractivity contribution in [2.75, 3.05) is 6.67 Å². The van der Waals surface area contributed by atoms with Gasteiger partial charge in [-0.25, -0.2) is 0 Å². The minimum absolute atomic E-state index is 0.343. The highest BCUT2D eigenvalue weighted by molar-refractivity contribution is 5.82. The van der Waals surface area contributed by atoms with Crippen molar-refractivity contribution in [1.29, 1.82) is 0 Å². The van der Waals surface area contributed by atoms with Crippen molar-refractivity contribution in [3.8, 4) is 0 Å². The molecule has 0 fully saturated rings. The first-order valence-corrected chi connectivity index (χ1v) is 4.25. The number of rotatable bonds is 2. The summed E-state index contributed by atoms with van der Waals surface area (Å²) in [7, 11) is 0. The Hall–Kier alpha value is -0.930. The average molecular weight is 168 g/mol. The van der Waals surface area contributed by atoms with Gasteiger partial charge in [-0.05, 0) is 11.8 Å². The summed E-state index contributed by atoms with van der Waals surface area (Å²) in [5, 5.41) is 11.8. The van der Waals surface area contributed by atoms with Crippen LogP contribution in [-0.4, -0.2) is 12.5 Å². The van der Waals surface area contributed by atoms with E-state index in [9.17, 15) is 0 Å².